The number of esters is 2. The quantitative estimate of drug-likeness (QED) is 0.784. The van der Waals surface area contributed by atoms with Crippen LogP contribution in [0.15, 0.2) is 30.3 Å². The van der Waals surface area contributed by atoms with E-state index in [1.54, 1.807) is 13.8 Å². The number of carbonyl (C=O) groups excluding carboxylic acids is 2. The van der Waals surface area contributed by atoms with E-state index in [4.69, 9.17) is 9.47 Å². The monoisotopic (exact) mass is 329 g/mol. The van der Waals surface area contributed by atoms with Crippen LogP contribution in [0, 0.1) is 6.92 Å². The molecule has 0 aliphatic rings. The predicted octanol–water partition coefficient (Wildman–Crippen LogP) is 3.81. The van der Waals surface area contributed by atoms with E-state index in [1.165, 1.54) is 0 Å². The Kier molecular flexibility index (Phi) is 6.18. The largest absolute Gasteiger partial charge is 0.461 e. The number of nitrogens with one attached hydrogen (secondary N) is 1. The number of benzene rings is 1. The van der Waals surface area contributed by atoms with E-state index in [0.29, 0.717) is 28.9 Å². The van der Waals surface area contributed by atoms with E-state index in [-0.39, 0.29) is 13.2 Å². The van der Waals surface area contributed by atoms with Crippen LogP contribution in [0.3, 0.4) is 0 Å². The summed E-state index contributed by atoms with van der Waals surface area (Å²) in [5.74, 6) is -0.863. The van der Waals surface area contributed by atoms with Crippen molar-refractivity contribution in [3.63, 3.8) is 0 Å². The zero-order valence-corrected chi connectivity index (χ0v) is 14.3. The van der Waals surface area contributed by atoms with Crippen LogP contribution >= 0.6 is 0 Å². The Bertz CT molecular complexity index is 704. The zero-order valence-electron chi connectivity index (χ0n) is 14.3. The topological polar surface area (TPSA) is 68.4 Å². The second-order valence-electron chi connectivity index (χ2n) is 5.51. The molecule has 0 aliphatic carbocycles. The average Bonchev–Trinajstić information content (AvgIpc) is 2.91. The van der Waals surface area contributed by atoms with Gasteiger partial charge in [-0.05, 0) is 31.4 Å². The van der Waals surface area contributed by atoms with Gasteiger partial charge in [0, 0.05) is 5.69 Å². The minimum Gasteiger partial charge on any atom is -0.461 e. The molecule has 1 aromatic heterocycles. The standard InChI is InChI=1S/C19H23NO4/c1-4-9-15-16(13(3)20-17(15)19(22)23-5-2)18(21)24-12-14-10-7-6-8-11-14/h6-8,10-11,20H,4-5,9,12H2,1-3H3. The maximum atomic E-state index is 12.5. The van der Waals surface area contributed by atoms with Crippen molar-refractivity contribution in [1.82, 2.24) is 4.98 Å². The highest BCUT2D eigenvalue weighted by molar-refractivity contribution is 5.98. The third kappa shape index (κ3) is 4.04. The number of H-pyrrole nitrogens is 1. The van der Waals surface area contributed by atoms with Crippen LogP contribution in [-0.4, -0.2) is 23.5 Å². The van der Waals surface area contributed by atoms with Crippen LogP contribution in [0.5, 0.6) is 0 Å². The number of aromatic nitrogens is 1. The molecule has 0 bridgehead atoms. The van der Waals surface area contributed by atoms with Crippen molar-refractivity contribution >= 4 is 11.9 Å². The summed E-state index contributed by atoms with van der Waals surface area (Å²) in [6, 6.07) is 9.49. The molecular weight excluding hydrogens is 306 g/mol. The van der Waals surface area contributed by atoms with Crippen LogP contribution in [0.2, 0.25) is 0 Å². The lowest BCUT2D eigenvalue weighted by Crippen LogP contribution is -2.11. The highest BCUT2D eigenvalue weighted by atomic mass is 16.5. The molecule has 0 aliphatic heterocycles. The first-order valence-electron chi connectivity index (χ1n) is 8.18. The molecule has 1 N–H and O–H groups in total. The Labute approximate surface area is 142 Å². The van der Waals surface area contributed by atoms with Gasteiger partial charge in [0.15, 0.2) is 0 Å². The average molecular weight is 329 g/mol. The van der Waals surface area contributed by atoms with Crippen LogP contribution in [0.1, 0.15) is 57.9 Å². The summed E-state index contributed by atoms with van der Waals surface area (Å²) in [6.45, 7) is 6.00. The van der Waals surface area contributed by atoms with Gasteiger partial charge >= 0.3 is 11.9 Å². The fraction of sp³-hybridized carbons (Fsp3) is 0.368. The molecule has 0 spiro atoms. The number of aryl methyl sites for hydroxylation is 1. The molecular formula is C19H23NO4. The van der Waals surface area contributed by atoms with E-state index >= 15 is 0 Å². The molecule has 1 aromatic carbocycles. The first-order valence-corrected chi connectivity index (χ1v) is 8.18. The molecule has 0 radical (unpaired) electrons. The van der Waals surface area contributed by atoms with Gasteiger partial charge in [-0.25, -0.2) is 9.59 Å². The van der Waals surface area contributed by atoms with Crippen molar-refractivity contribution < 1.29 is 19.1 Å². The maximum Gasteiger partial charge on any atom is 0.355 e. The second-order valence-corrected chi connectivity index (χ2v) is 5.51. The molecule has 0 unspecified atom stereocenters. The summed E-state index contributed by atoms with van der Waals surface area (Å²) in [4.78, 5) is 27.6. The molecule has 2 rings (SSSR count). The lowest BCUT2D eigenvalue weighted by Gasteiger charge is -2.08. The first kappa shape index (κ1) is 17.8. The van der Waals surface area contributed by atoms with Gasteiger partial charge in [0.1, 0.15) is 12.3 Å². The predicted molar refractivity (Wildman–Crippen MR) is 91.0 cm³/mol. The fourth-order valence-electron chi connectivity index (χ4n) is 2.63. The Morgan fingerprint density at radius 2 is 1.75 bits per heavy atom. The maximum absolute atomic E-state index is 12.5. The third-order valence-electron chi connectivity index (χ3n) is 3.69. The minimum absolute atomic E-state index is 0.199. The summed E-state index contributed by atoms with van der Waals surface area (Å²) >= 11 is 0. The number of rotatable bonds is 7. The number of hydrogen-bond donors (Lipinski definition) is 1. The molecule has 1 heterocycles. The summed E-state index contributed by atoms with van der Waals surface area (Å²) in [6.07, 6.45) is 1.41. The molecule has 128 valence electrons. The SMILES string of the molecule is CCCc1c(C(=O)OCC)[nH]c(C)c1C(=O)OCc1ccccc1. The lowest BCUT2D eigenvalue weighted by atomic mass is 10.0. The third-order valence-corrected chi connectivity index (χ3v) is 3.69. The first-order chi connectivity index (χ1) is 11.6. The van der Waals surface area contributed by atoms with Crippen molar-refractivity contribution in [2.45, 2.75) is 40.2 Å². The van der Waals surface area contributed by atoms with Gasteiger partial charge < -0.3 is 14.5 Å². The van der Waals surface area contributed by atoms with Gasteiger partial charge in [-0.1, -0.05) is 43.7 Å². The van der Waals surface area contributed by atoms with E-state index in [1.807, 2.05) is 37.3 Å². The molecule has 0 amide bonds. The van der Waals surface area contributed by atoms with E-state index < -0.39 is 11.9 Å². The molecule has 0 atom stereocenters. The summed E-state index contributed by atoms with van der Waals surface area (Å²) in [5, 5.41) is 0. The summed E-state index contributed by atoms with van der Waals surface area (Å²) in [5.41, 5.74) is 3.01. The van der Waals surface area contributed by atoms with Crippen molar-refractivity contribution in [1.29, 1.82) is 0 Å². The highest BCUT2D eigenvalue weighted by Crippen LogP contribution is 2.23. The highest BCUT2D eigenvalue weighted by Gasteiger charge is 2.25. The summed E-state index contributed by atoms with van der Waals surface area (Å²) in [7, 11) is 0. The normalized spacial score (nSPS) is 10.5. The molecule has 0 saturated heterocycles. The Morgan fingerprint density at radius 1 is 1.04 bits per heavy atom. The molecule has 24 heavy (non-hydrogen) atoms. The van der Waals surface area contributed by atoms with Gasteiger partial charge in [-0.2, -0.15) is 0 Å². The molecule has 2 aromatic rings. The van der Waals surface area contributed by atoms with Crippen LogP contribution in [-0.2, 0) is 22.5 Å². The van der Waals surface area contributed by atoms with Crippen LogP contribution in [0.25, 0.3) is 0 Å². The number of carbonyl (C=O) groups is 2. The molecule has 0 fully saturated rings. The minimum atomic E-state index is -0.439. The van der Waals surface area contributed by atoms with E-state index in [9.17, 15) is 9.59 Å². The van der Waals surface area contributed by atoms with Crippen molar-refractivity contribution in [2.24, 2.45) is 0 Å². The number of ether oxygens (including phenoxy) is 2. The fourth-order valence-corrected chi connectivity index (χ4v) is 2.63. The smallest absolute Gasteiger partial charge is 0.355 e. The lowest BCUT2D eigenvalue weighted by molar-refractivity contribution is 0.0470. The van der Waals surface area contributed by atoms with Gasteiger partial charge in [-0.3, -0.25) is 0 Å². The van der Waals surface area contributed by atoms with Gasteiger partial charge in [0.25, 0.3) is 0 Å². The van der Waals surface area contributed by atoms with Gasteiger partial charge in [0.2, 0.25) is 0 Å². The Morgan fingerprint density at radius 3 is 2.38 bits per heavy atom. The molecule has 0 saturated carbocycles. The van der Waals surface area contributed by atoms with Gasteiger partial charge in [-0.15, -0.1) is 0 Å². The number of hydrogen-bond acceptors (Lipinski definition) is 4. The van der Waals surface area contributed by atoms with Gasteiger partial charge in [0.05, 0.1) is 12.2 Å². The zero-order chi connectivity index (χ0) is 17.5. The van der Waals surface area contributed by atoms with Crippen molar-refractivity contribution in [2.75, 3.05) is 6.61 Å². The summed E-state index contributed by atoms with van der Waals surface area (Å²) < 4.78 is 10.5. The Hall–Kier alpha value is -2.56. The number of aromatic amines is 1. The van der Waals surface area contributed by atoms with Crippen LogP contribution < -0.4 is 0 Å². The van der Waals surface area contributed by atoms with Crippen molar-refractivity contribution in [3.05, 3.63) is 58.4 Å². The second kappa shape index (κ2) is 8.34. The van der Waals surface area contributed by atoms with E-state index in [2.05, 4.69) is 4.98 Å². The van der Waals surface area contributed by atoms with E-state index in [0.717, 1.165) is 12.0 Å². The van der Waals surface area contributed by atoms with Crippen LogP contribution in [0.4, 0.5) is 0 Å². The van der Waals surface area contributed by atoms with Crippen molar-refractivity contribution in [3.8, 4) is 0 Å². The molecule has 5 nitrogen and oxygen atoms in total. The molecule has 5 heteroatoms. The Balaban J connectivity index is 2.24.